The fourth-order valence-corrected chi connectivity index (χ4v) is 3.23. The Kier molecular flexibility index (Phi) is 4.42. The second-order valence-electron chi connectivity index (χ2n) is 6.14. The van der Waals surface area contributed by atoms with Gasteiger partial charge in [0.25, 0.3) is 0 Å². The first kappa shape index (κ1) is 16.0. The molecule has 2 N–H and O–H groups in total. The molecule has 4 nitrogen and oxygen atoms in total. The molecular formula is C16H20BrNO3. The topological polar surface area (TPSA) is 66.4 Å². The number of hydrogen-bond donors (Lipinski definition) is 2. The zero-order valence-corrected chi connectivity index (χ0v) is 14.0. The van der Waals surface area contributed by atoms with Crippen molar-refractivity contribution in [3.8, 4) is 0 Å². The van der Waals surface area contributed by atoms with Crippen LogP contribution in [0.3, 0.4) is 0 Å². The number of aliphatic carboxylic acids is 1. The van der Waals surface area contributed by atoms with E-state index in [0.717, 1.165) is 16.5 Å². The van der Waals surface area contributed by atoms with Gasteiger partial charge in [-0.3, -0.25) is 9.59 Å². The standard InChI is InChI=1S/C16H20BrNO3/c1-4-11(9-5-7-10(17)8-6-9)18-14(19)12-13(15(20)21)16(12,2)3/h5-8,11-13H,4H2,1-3H3,(H,18,19)(H,20,21)/t11?,12-,13+/m1/s1. The van der Waals surface area contributed by atoms with E-state index in [0.29, 0.717) is 0 Å². The molecule has 114 valence electrons. The molecule has 1 aliphatic carbocycles. The highest BCUT2D eigenvalue weighted by atomic mass is 79.9. The third-order valence-electron chi connectivity index (χ3n) is 4.37. The zero-order valence-electron chi connectivity index (χ0n) is 12.4. The zero-order chi connectivity index (χ0) is 15.8. The predicted octanol–water partition coefficient (Wildman–Crippen LogP) is 3.37. The second kappa shape index (κ2) is 5.79. The van der Waals surface area contributed by atoms with Crippen molar-refractivity contribution >= 4 is 27.8 Å². The van der Waals surface area contributed by atoms with Gasteiger partial charge in [-0.1, -0.05) is 48.8 Å². The number of nitrogens with one attached hydrogen (secondary N) is 1. The Morgan fingerprint density at radius 3 is 2.29 bits per heavy atom. The van der Waals surface area contributed by atoms with Gasteiger partial charge in [-0.25, -0.2) is 0 Å². The van der Waals surface area contributed by atoms with Gasteiger partial charge in [-0.2, -0.15) is 0 Å². The van der Waals surface area contributed by atoms with E-state index in [1.165, 1.54) is 0 Å². The van der Waals surface area contributed by atoms with Crippen molar-refractivity contribution in [2.45, 2.75) is 33.2 Å². The van der Waals surface area contributed by atoms with Crippen LogP contribution < -0.4 is 5.32 Å². The summed E-state index contributed by atoms with van der Waals surface area (Å²) in [6, 6.07) is 7.71. The molecule has 1 aromatic rings. The van der Waals surface area contributed by atoms with Gasteiger partial charge < -0.3 is 10.4 Å². The molecular weight excluding hydrogens is 334 g/mol. The van der Waals surface area contributed by atoms with E-state index in [2.05, 4.69) is 21.2 Å². The Balaban J connectivity index is 2.08. The summed E-state index contributed by atoms with van der Waals surface area (Å²) in [6.07, 6.45) is 0.762. The normalized spacial score (nSPS) is 24.2. The Morgan fingerprint density at radius 1 is 1.29 bits per heavy atom. The lowest BCUT2D eigenvalue weighted by Gasteiger charge is -2.18. The van der Waals surface area contributed by atoms with E-state index in [4.69, 9.17) is 5.11 Å². The Bertz CT molecular complexity index is 553. The Labute approximate surface area is 133 Å². The lowest BCUT2D eigenvalue weighted by molar-refractivity contribution is -0.140. The number of rotatable bonds is 5. The van der Waals surface area contributed by atoms with Gasteiger partial charge in [0.2, 0.25) is 5.91 Å². The number of amides is 1. The molecule has 1 fully saturated rings. The number of carboxylic acids is 1. The van der Waals surface area contributed by atoms with Crippen molar-refractivity contribution in [2.24, 2.45) is 17.3 Å². The van der Waals surface area contributed by atoms with Crippen LogP contribution in [0.5, 0.6) is 0 Å². The third-order valence-corrected chi connectivity index (χ3v) is 4.90. The van der Waals surface area contributed by atoms with E-state index in [-0.39, 0.29) is 11.9 Å². The summed E-state index contributed by atoms with van der Waals surface area (Å²) in [5, 5.41) is 12.1. The summed E-state index contributed by atoms with van der Waals surface area (Å²) in [5.41, 5.74) is 0.563. The van der Waals surface area contributed by atoms with Crippen molar-refractivity contribution < 1.29 is 14.7 Å². The highest BCUT2D eigenvalue weighted by Crippen LogP contribution is 2.58. The second-order valence-corrected chi connectivity index (χ2v) is 7.05. The molecule has 0 aliphatic heterocycles. The first-order valence-electron chi connectivity index (χ1n) is 7.07. The summed E-state index contributed by atoms with van der Waals surface area (Å²) in [5.74, 6) is -2.08. The fraction of sp³-hybridized carbons (Fsp3) is 0.500. The van der Waals surface area contributed by atoms with Crippen LogP contribution in [0.2, 0.25) is 0 Å². The van der Waals surface area contributed by atoms with Crippen molar-refractivity contribution in [3.63, 3.8) is 0 Å². The number of hydrogen-bond acceptors (Lipinski definition) is 2. The van der Waals surface area contributed by atoms with E-state index >= 15 is 0 Å². The van der Waals surface area contributed by atoms with Crippen LogP contribution in [0.1, 0.15) is 38.8 Å². The molecule has 21 heavy (non-hydrogen) atoms. The summed E-state index contributed by atoms with van der Waals surface area (Å²) in [4.78, 5) is 23.5. The minimum absolute atomic E-state index is 0.0866. The predicted molar refractivity (Wildman–Crippen MR) is 83.7 cm³/mol. The molecule has 1 amide bonds. The first-order chi connectivity index (χ1) is 9.78. The molecule has 0 heterocycles. The lowest BCUT2D eigenvalue weighted by Crippen LogP contribution is -2.31. The molecule has 0 saturated heterocycles. The van der Waals surface area contributed by atoms with Crippen LogP contribution in [0, 0.1) is 17.3 Å². The number of carbonyl (C=O) groups excluding carboxylic acids is 1. The minimum Gasteiger partial charge on any atom is -0.481 e. The molecule has 0 bridgehead atoms. The number of halogens is 1. The van der Waals surface area contributed by atoms with Crippen molar-refractivity contribution in [1.29, 1.82) is 0 Å². The maximum Gasteiger partial charge on any atom is 0.307 e. The van der Waals surface area contributed by atoms with E-state index in [1.807, 2.05) is 45.0 Å². The quantitative estimate of drug-likeness (QED) is 0.852. The summed E-state index contributed by atoms with van der Waals surface area (Å²) >= 11 is 3.39. The van der Waals surface area contributed by atoms with Crippen LogP contribution in [0.25, 0.3) is 0 Å². The molecule has 1 saturated carbocycles. The Hall–Kier alpha value is -1.36. The van der Waals surface area contributed by atoms with Crippen LogP contribution in [-0.4, -0.2) is 17.0 Å². The van der Waals surface area contributed by atoms with Crippen LogP contribution in [0.4, 0.5) is 0 Å². The molecule has 3 atom stereocenters. The molecule has 0 spiro atoms. The van der Waals surface area contributed by atoms with Gasteiger partial charge in [0.05, 0.1) is 17.9 Å². The summed E-state index contributed by atoms with van der Waals surface area (Å²) < 4.78 is 0.988. The summed E-state index contributed by atoms with van der Waals surface area (Å²) in [6.45, 7) is 5.66. The largest absolute Gasteiger partial charge is 0.481 e. The average molecular weight is 354 g/mol. The minimum atomic E-state index is -0.892. The smallest absolute Gasteiger partial charge is 0.307 e. The first-order valence-corrected chi connectivity index (χ1v) is 7.87. The van der Waals surface area contributed by atoms with Crippen molar-refractivity contribution in [3.05, 3.63) is 34.3 Å². The van der Waals surface area contributed by atoms with Gasteiger partial charge in [-0.05, 0) is 29.5 Å². The van der Waals surface area contributed by atoms with E-state index < -0.39 is 23.2 Å². The SMILES string of the molecule is CCC(NC(=O)[C@H]1[C@@H](C(=O)O)C1(C)C)c1ccc(Br)cc1. The number of carboxylic acid groups (broad SMARTS) is 1. The third kappa shape index (κ3) is 3.12. The molecule has 1 aromatic carbocycles. The maximum absolute atomic E-state index is 12.4. The highest BCUT2D eigenvalue weighted by molar-refractivity contribution is 9.10. The van der Waals surface area contributed by atoms with E-state index in [1.54, 1.807) is 0 Å². The monoisotopic (exact) mass is 353 g/mol. The maximum atomic E-state index is 12.4. The van der Waals surface area contributed by atoms with Gasteiger partial charge in [0, 0.05) is 4.47 Å². The van der Waals surface area contributed by atoms with Crippen LogP contribution in [-0.2, 0) is 9.59 Å². The number of carbonyl (C=O) groups is 2. The number of benzene rings is 1. The van der Waals surface area contributed by atoms with Gasteiger partial charge in [-0.15, -0.1) is 0 Å². The van der Waals surface area contributed by atoms with Crippen molar-refractivity contribution in [1.82, 2.24) is 5.32 Å². The van der Waals surface area contributed by atoms with Gasteiger partial charge >= 0.3 is 5.97 Å². The molecule has 5 heteroatoms. The molecule has 0 radical (unpaired) electrons. The fourth-order valence-electron chi connectivity index (χ4n) is 2.97. The van der Waals surface area contributed by atoms with Gasteiger partial charge in [0.1, 0.15) is 0 Å². The molecule has 1 aliphatic rings. The Morgan fingerprint density at radius 2 is 1.86 bits per heavy atom. The summed E-state index contributed by atoms with van der Waals surface area (Å²) in [7, 11) is 0. The molecule has 0 aromatic heterocycles. The van der Waals surface area contributed by atoms with Crippen molar-refractivity contribution in [2.75, 3.05) is 0 Å². The van der Waals surface area contributed by atoms with Gasteiger partial charge in [0.15, 0.2) is 0 Å². The average Bonchev–Trinajstić information content (AvgIpc) is 3.00. The van der Waals surface area contributed by atoms with E-state index in [9.17, 15) is 9.59 Å². The van der Waals surface area contributed by atoms with Crippen LogP contribution in [0.15, 0.2) is 28.7 Å². The molecule has 2 rings (SSSR count). The lowest BCUT2D eigenvalue weighted by atomic mass is 10.0. The molecule has 1 unspecified atom stereocenters. The highest BCUT2D eigenvalue weighted by Gasteiger charge is 2.65. The van der Waals surface area contributed by atoms with Crippen LogP contribution >= 0.6 is 15.9 Å².